The van der Waals surface area contributed by atoms with Crippen LogP contribution in [-0.2, 0) is 9.31 Å². The van der Waals surface area contributed by atoms with Crippen molar-refractivity contribution in [1.82, 2.24) is 9.32 Å². The Kier molecular flexibility index (Phi) is 3.44. The van der Waals surface area contributed by atoms with Crippen molar-refractivity contribution in [3.05, 3.63) is 24.0 Å². The van der Waals surface area contributed by atoms with E-state index in [4.69, 9.17) is 9.31 Å². The highest BCUT2D eigenvalue weighted by molar-refractivity contribution is 7.35. The molecular formula is C15H22BN2O2P. The first-order chi connectivity index (χ1) is 9.75. The van der Waals surface area contributed by atoms with Crippen LogP contribution in [0.4, 0.5) is 0 Å². The number of pyridine rings is 1. The highest BCUT2D eigenvalue weighted by atomic mass is 31.1. The number of fused-ring (bicyclic) bond motifs is 1. The van der Waals surface area contributed by atoms with Gasteiger partial charge in [-0.1, -0.05) is 0 Å². The maximum absolute atomic E-state index is 6.20. The first kappa shape index (κ1) is 15.0. The van der Waals surface area contributed by atoms with E-state index < -0.39 is 0 Å². The quantitative estimate of drug-likeness (QED) is 0.632. The standard InChI is InChI=1S/C15H22BN2O2P/c1-10-9-12(11-7-8-18(21-6)13(11)17-10)16-19-14(2,3)15(4,5)20-16/h7-9,21H,1-6H3. The molecule has 2 aromatic rings. The molecule has 112 valence electrons. The minimum absolute atomic E-state index is 0.323. The zero-order chi connectivity index (χ0) is 15.4. The molecular weight excluding hydrogens is 282 g/mol. The second-order valence-corrected chi connectivity index (χ2v) is 7.52. The molecule has 0 spiro atoms. The Morgan fingerprint density at radius 2 is 1.81 bits per heavy atom. The molecule has 0 aromatic carbocycles. The van der Waals surface area contributed by atoms with Crippen LogP contribution in [0.15, 0.2) is 18.3 Å². The molecule has 2 aromatic heterocycles. The number of aryl methyl sites for hydroxylation is 1. The highest BCUT2D eigenvalue weighted by Crippen LogP contribution is 2.37. The lowest BCUT2D eigenvalue weighted by molar-refractivity contribution is 0.00578. The van der Waals surface area contributed by atoms with Gasteiger partial charge in [0.05, 0.1) is 11.2 Å². The van der Waals surface area contributed by atoms with E-state index in [1.165, 1.54) is 0 Å². The van der Waals surface area contributed by atoms with E-state index in [-0.39, 0.29) is 18.3 Å². The molecule has 1 aliphatic rings. The normalized spacial score (nSPS) is 21.0. The summed E-state index contributed by atoms with van der Waals surface area (Å²) in [5.74, 6) is 0. The van der Waals surface area contributed by atoms with Gasteiger partial charge in [-0.15, -0.1) is 0 Å². The van der Waals surface area contributed by atoms with Gasteiger partial charge < -0.3 is 13.6 Å². The molecule has 0 radical (unpaired) electrons. The second-order valence-electron chi connectivity index (χ2n) is 6.59. The summed E-state index contributed by atoms with van der Waals surface area (Å²) in [4.78, 5) is 4.67. The molecule has 0 amide bonds. The van der Waals surface area contributed by atoms with Crippen molar-refractivity contribution in [2.75, 3.05) is 6.66 Å². The maximum Gasteiger partial charge on any atom is 0.495 e. The predicted octanol–water partition coefficient (Wildman–Crippen LogP) is 2.72. The topological polar surface area (TPSA) is 36.3 Å². The summed E-state index contributed by atoms with van der Waals surface area (Å²) in [7, 11) is 0.324. The molecule has 1 saturated heterocycles. The van der Waals surface area contributed by atoms with E-state index in [2.05, 4.69) is 62.0 Å². The van der Waals surface area contributed by atoms with Crippen LogP contribution in [0.1, 0.15) is 33.4 Å². The molecule has 0 bridgehead atoms. The van der Waals surface area contributed by atoms with Crippen LogP contribution in [0.25, 0.3) is 11.0 Å². The molecule has 1 atom stereocenters. The molecule has 0 saturated carbocycles. The minimum Gasteiger partial charge on any atom is -0.399 e. The van der Waals surface area contributed by atoms with Gasteiger partial charge in [-0.05, 0) is 67.6 Å². The Labute approximate surface area is 128 Å². The molecule has 4 nitrogen and oxygen atoms in total. The Bertz CT molecular complexity index is 680. The van der Waals surface area contributed by atoms with Crippen LogP contribution in [0, 0.1) is 6.92 Å². The van der Waals surface area contributed by atoms with Gasteiger partial charge in [-0.25, -0.2) is 4.98 Å². The third-order valence-corrected chi connectivity index (χ3v) is 5.41. The van der Waals surface area contributed by atoms with E-state index in [1.54, 1.807) is 0 Å². The van der Waals surface area contributed by atoms with Crippen LogP contribution < -0.4 is 5.46 Å². The van der Waals surface area contributed by atoms with Crippen molar-refractivity contribution >= 4 is 32.3 Å². The van der Waals surface area contributed by atoms with Gasteiger partial charge in [0.2, 0.25) is 0 Å². The van der Waals surface area contributed by atoms with Crippen molar-refractivity contribution < 1.29 is 9.31 Å². The van der Waals surface area contributed by atoms with Crippen LogP contribution >= 0.6 is 8.73 Å². The monoisotopic (exact) mass is 304 g/mol. The Hall–Kier alpha value is -0.895. The largest absolute Gasteiger partial charge is 0.495 e. The number of nitrogens with zero attached hydrogens (tertiary/aromatic N) is 2. The summed E-state index contributed by atoms with van der Waals surface area (Å²) in [6.07, 6.45) is 2.09. The first-order valence-corrected chi connectivity index (χ1v) is 8.72. The molecule has 1 aliphatic heterocycles. The maximum atomic E-state index is 6.20. The van der Waals surface area contributed by atoms with E-state index in [9.17, 15) is 0 Å². The molecule has 21 heavy (non-hydrogen) atoms. The Morgan fingerprint density at radius 1 is 1.19 bits per heavy atom. The number of hydrogen-bond donors (Lipinski definition) is 0. The number of hydrogen-bond acceptors (Lipinski definition) is 3. The fourth-order valence-electron chi connectivity index (χ4n) is 2.61. The summed E-state index contributed by atoms with van der Waals surface area (Å²) < 4.78 is 14.6. The summed E-state index contributed by atoms with van der Waals surface area (Å²) in [6, 6.07) is 4.19. The lowest BCUT2D eigenvalue weighted by Crippen LogP contribution is -2.41. The van der Waals surface area contributed by atoms with Crippen molar-refractivity contribution in [3.8, 4) is 0 Å². The highest BCUT2D eigenvalue weighted by Gasteiger charge is 2.52. The summed E-state index contributed by atoms with van der Waals surface area (Å²) in [5, 5.41) is 1.12. The average Bonchev–Trinajstić information content (AvgIpc) is 2.87. The molecule has 6 heteroatoms. The molecule has 0 aliphatic carbocycles. The van der Waals surface area contributed by atoms with Crippen molar-refractivity contribution in [3.63, 3.8) is 0 Å². The molecule has 1 fully saturated rings. The fourth-order valence-corrected chi connectivity index (χ4v) is 3.22. The van der Waals surface area contributed by atoms with Crippen molar-refractivity contribution in [1.29, 1.82) is 0 Å². The van der Waals surface area contributed by atoms with Gasteiger partial charge in [0, 0.05) is 17.3 Å². The van der Waals surface area contributed by atoms with Gasteiger partial charge in [0.15, 0.2) is 0 Å². The average molecular weight is 304 g/mol. The fraction of sp³-hybridized carbons (Fsp3) is 0.533. The molecule has 0 N–H and O–H groups in total. The minimum atomic E-state index is -0.338. The summed E-state index contributed by atoms with van der Waals surface area (Å²) in [6.45, 7) is 12.5. The Balaban J connectivity index is 2.12. The summed E-state index contributed by atoms with van der Waals surface area (Å²) >= 11 is 0. The van der Waals surface area contributed by atoms with Crippen molar-refractivity contribution in [2.24, 2.45) is 0 Å². The van der Waals surface area contributed by atoms with Crippen LogP contribution in [0.5, 0.6) is 0 Å². The lowest BCUT2D eigenvalue weighted by Gasteiger charge is -2.32. The third kappa shape index (κ3) is 2.32. The van der Waals surface area contributed by atoms with Gasteiger partial charge >= 0.3 is 7.12 Å². The number of rotatable bonds is 2. The first-order valence-electron chi connectivity index (χ1n) is 7.27. The van der Waals surface area contributed by atoms with Gasteiger partial charge in [0.1, 0.15) is 5.65 Å². The van der Waals surface area contributed by atoms with Crippen LogP contribution in [0.3, 0.4) is 0 Å². The van der Waals surface area contributed by atoms with Gasteiger partial charge in [-0.2, -0.15) is 0 Å². The zero-order valence-corrected chi connectivity index (χ0v) is 14.5. The van der Waals surface area contributed by atoms with Crippen molar-refractivity contribution in [2.45, 2.75) is 45.8 Å². The lowest BCUT2D eigenvalue weighted by atomic mass is 9.77. The second kappa shape index (κ2) is 4.80. The molecule has 3 heterocycles. The van der Waals surface area contributed by atoms with Gasteiger partial charge in [0.25, 0.3) is 0 Å². The summed E-state index contributed by atoms with van der Waals surface area (Å²) in [5.41, 5.74) is 2.44. The van der Waals surface area contributed by atoms with Crippen LogP contribution in [-0.4, -0.2) is 34.3 Å². The predicted molar refractivity (Wildman–Crippen MR) is 89.8 cm³/mol. The van der Waals surface area contributed by atoms with Gasteiger partial charge in [-0.3, -0.25) is 0 Å². The van der Waals surface area contributed by atoms with E-state index in [1.807, 2.05) is 6.92 Å². The van der Waals surface area contributed by atoms with Crippen LogP contribution in [0.2, 0.25) is 0 Å². The molecule has 3 rings (SSSR count). The third-order valence-electron chi connectivity index (χ3n) is 4.57. The SMILES string of the molecule is CPn1ccc2c(B3OC(C)(C)C(C)(C)O3)cc(C)nc21. The van der Waals surface area contributed by atoms with E-state index in [0.29, 0.717) is 8.73 Å². The smallest absolute Gasteiger partial charge is 0.399 e. The van der Waals surface area contributed by atoms with E-state index >= 15 is 0 Å². The Morgan fingerprint density at radius 3 is 2.38 bits per heavy atom. The van der Waals surface area contributed by atoms with E-state index in [0.717, 1.165) is 22.2 Å². The zero-order valence-electron chi connectivity index (χ0n) is 13.5. The number of aromatic nitrogens is 2. The molecule has 1 unspecified atom stereocenters.